The molecule has 1 fully saturated rings. The summed E-state index contributed by atoms with van der Waals surface area (Å²) in [5.41, 5.74) is 2.93. The molecule has 0 unspecified atom stereocenters. The highest BCUT2D eigenvalue weighted by Crippen LogP contribution is 2.21. The molecule has 0 radical (unpaired) electrons. The van der Waals surface area contributed by atoms with Crippen LogP contribution in [0.2, 0.25) is 0 Å². The molecule has 0 spiro atoms. The lowest BCUT2D eigenvalue weighted by Crippen LogP contribution is -2.37. The lowest BCUT2D eigenvalue weighted by atomic mass is 10.2. The van der Waals surface area contributed by atoms with Gasteiger partial charge in [0.2, 0.25) is 0 Å². The van der Waals surface area contributed by atoms with Gasteiger partial charge in [-0.15, -0.1) is 5.10 Å². The van der Waals surface area contributed by atoms with Crippen molar-refractivity contribution >= 4 is 21.9 Å². The van der Waals surface area contributed by atoms with Gasteiger partial charge in [-0.25, -0.2) is 4.68 Å². The number of fused-ring (bicyclic) bond motifs is 3. The van der Waals surface area contributed by atoms with Crippen LogP contribution in [0.3, 0.4) is 0 Å². The minimum absolute atomic E-state index is 0.756. The number of rotatable bonds is 2. The number of benzene rings is 1. The fourth-order valence-corrected chi connectivity index (χ4v) is 2.62. The smallest absolute Gasteiger partial charge is 0.122 e. The van der Waals surface area contributed by atoms with Crippen molar-refractivity contribution in [2.45, 2.75) is 6.67 Å². The first-order valence-electron chi connectivity index (χ1n) is 6.79. The zero-order chi connectivity index (χ0) is 13.4. The van der Waals surface area contributed by atoms with Gasteiger partial charge in [-0.3, -0.25) is 9.88 Å². The van der Waals surface area contributed by atoms with Crippen LogP contribution >= 0.6 is 0 Å². The molecule has 1 saturated heterocycles. The van der Waals surface area contributed by atoms with E-state index in [1.165, 1.54) is 0 Å². The summed E-state index contributed by atoms with van der Waals surface area (Å²) in [5, 5.41) is 9.68. The molecule has 0 N–H and O–H groups in total. The molecule has 2 aromatic heterocycles. The molecule has 6 nitrogen and oxygen atoms in total. The molecule has 1 aromatic carbocycles. The van der Waals surface area contributed by atoms with Crippen LogP contribution in [0, 0.1) is 0 Å². The van der Waals surface area contributed by atoms with Crippen LogP contribution in [0.25, 0.3) is 21.9 Å². The van der Waals surface area contributed by atoms with Gasteiger partial charge in [-0.05, 0) is 24.3 Å². The second-order valence-corrected chi connectivity index (χ2v) is 4.96. The highest BCUT2D eigenvalue weighted by molar-refractivity contribution is 6.02. The van der Waals surface area contributed by atoms with E-state index in [0.29, 0.717) is 0 Å². The number of hydrogen-bond donors (Lipinski definition) is 0. The molecular formula is C14H15N5O. The van der Waals surface area contributed by atoms with E-state index in [1.807, 2.05) is 28.9 Å². The van der Waals surface area contributed by atoms with Gasteiger partial charge < -0.3 is 4.74 Å². The van der Waals surface area contributed by atoms with Gasteiger partial charge in [-0.1, -0.05) is 5.21 Å². The van der Waals surface area contributed by atoms with Crippen molar-refractivity contribution < 1.29 is 4.74 Å². The topological polar surface area (TPSA) is 56.1 Å². The molecule has 4 rings (SSSR count). The Morgan fingerprint density at radius 2 is 2.05 bits per heavy atom. The van der Waals surface area contributed by atoms with Crippen LogP contribution in [0.15, 0.2) is 30.5 Å². The predicted octanol–water partition coefficient (Wildman–Crippen LogP) is 1.27. The van der Waals surface area contributed by atoms with Crippen molar-refractivity contribution in [3.8, 4) is 0 Å². The van der Waals surface area contributed by atoms with E-state index in [9.17, 15) is 0 Å². The number of pyridine rings is 1. The van der Waals surface area contributed by atoms with Gasteiger partial charge in [0.1, 0.15) is 5.52 Å². The summed E-state index contributed by atoms with van der Waals surface area (Å²) in [6.45, 7) is 4.22. The summed E-state index contributed by atoms with van der Waals surface area (Å²) in [6, 6.07) is 8.04. The van der Waals surface area contributed by atoms with E-state index < -0.39 is 0 Å². The molecule has 0 saturated carbocycles. The van der Waals surface area contributed by atoms with Crippen molar-refractivity contribution in [2.75, 3.05) is 26.3 Å². The lowest BCUT2D eigenvalue weighted by Gasteiger charge is -2.26. The van der Waals surface area contributed by atoms with Crippen molar-refractivity contribution in [3.05, 3.63) is 30.5 Å². The van der Waals surface area contributed by atoms with Crippen LogP contribution in [-0.2, 0) is 11.4 Å². The van der Waals surface area contributed by atoms with Crippen LogP contribution in [0.1, 0.15) is 0 Å². The average Bonchev–Trinajstić information content (AvgIpc) is 2.92. The third kappa shape index (κ3) is 1.93. The molecule has 0 atom stereocenters. The summed E-state index contributed by atoms with van der Waals surface area (Å²) >= 11 is 0. The van der Waals surface area contributed by atoms with Gasteiger partial charge >= 0.3 is 0 Å². The van der Waals surface area contributed by atoms with Gasteiger partial charge in [0.15, 0.2) is 0 Å². The number of nitrogens with zero attached hydrogens (tertiary/aromatic N) is 5. The van der Waals surface area contributed by atoms with Crippen LogP contribution < -0.4 is 0 Å². The van der Waals surface area contributed by atoms with Crippen LogP contribution in [0.5, 0.6) is 0 Å². The molecule has 0 aliphatic carbocycles. The standard InChI is InChI=1S/C14H15N5O/c1-2-11-12(15-5-1)3-4-13-14(11)16-17-19(13)10-18-6-8-20-9-7-18/h1-5H,6-10H2. The number of ether oxygens (including phenoxy) is 1. The fraction of sp³-hybridized carbons (Fsp3) is 0.357. The SMILES string of the molecule is c1cnc2ccc3c(nnn3CN3CCOCC3)c2c1. The fourth-order valence-electron chi connectivity index (χ4n) is 2.62. The Balaban J connectivity index is 1.75. The minimum atomic E-state index is 0.756. The molecular weight excluding hydrogens is 254 g/mol. The maximum absolute atomic E-state index is 5.37. The van der Waals surface area contributed by atoms with E-state index in [-0.39, 0.29) is 0 Å². The summed E-state index contributed by atoms with van der Waals surface area (Å²) in [7, 11) is 0. The predicted molar refractivity (Wildman–Crippen MR) is 75.2 cm³/mol. The molecule has 0 bridgehead atoms. The molecule has 102 valence electrons. The van der Waals surface area contributed by atoms with Gasteiger partial charge in [0, 0.05) is 24.7 Å². The summed E-state index contributed by atoms with van der Waals surface area (Å²) in [4.78, 5) is 6.68. The largest absolute Gasteiger partial charge is 0.379 e. The average molecular weight is 269 g/mol. The third-order valence-corrected chi connectivity index (χ3v) is 3.70. The molecule has 1 aliphatic rings. The Morgan fingerprint density at radius 1 is 1.15 bits per heavy atom. The first-order chi connectivity index (χ1) is 9.92. The minimum Gasteiger partial charge on any atom is -0.379 e. The number of hydrogen-bond acceptors (Lipinski definition) is 5. The van der Waals surface area contributed by atoms with Crippen molar-refractivity contribution in [3.63, 3.8) is 0 Å². The van der Waals surface area contributed by atoms with Crippen LogP contribution in [0.4, 0.5) is 0 Å². The van der Waals surface area contributed by atoms with E-state index in [2.05, 4.69) is 20.2 Å². The highest BCUT2D eigenvalue weighted by atomic mass is 16.5. The summed E-state index contributed by atoms with van der Waals surface area (Å²) < 4.78 is 7.32. The quantitative estimate of drug-likeness (QED) is 0.701. The van der Waals surface area contributed by atoms with E-state index in [1.54, 1.807) is 6.20 Å². The first-order valence-corrected chi connectivity index (χ1v) is 6.79. The van der Waals surface area contributed by atoms with Gasteiger partial charge in [-0.2, -0.15) is 0 Å². The third-order valence-electron chi connectivity index (χ3n) is 3.70. The Morgan fingerprint density at radius 3 is 2.95 bits per heavy atom. The Kier molecular flexibility index (Phi) is 2.82. The summed E-state index contributed by atoms with van der Waals surface area (Å²) in [5.74, 6) is 0. The second kappa shape index (κ2) is 4.81. The summed E-state index contributed by atoms with van der Waals surface area (Å²) in [6.07, 6.45) is 1.80. The lowest BCUT2D eigenvalue weighted by molar-refractivity contribution is 0.0218. The molecule has 1 aliphatic heterocycles. The Labute approximate surface area is 116 Å². The maximum Gasteiger partial charge on any atom is 0.122 e. The van der Waals surface area contributed by atoms with Crippen molar-refractivity contribution in [1.82, 2.24) is 24.9 Å². The highest BCUT2D eigenvalue weighted by Gasteiger charge is 2.14. The molecule has 20 heavy (non-hydrogen) atoms. The maximum atomic E-state index is 5.37. The van der Waals surface area contributed by atoms with Crippen LogP contribution in [-0.4, -0.2) is 51.2 Å². The van der Waals surface area contributed by atoms with E-state index >= 15 is 0 Å². The number of aromatic nitrogens is 4. The Hall–Kier alpha value is -2.05. The monoisotopic (exact) mass is 269 g/mol. The molecule has 3 heterocycles. The van der Waals surface area contributed by atoms with Crippen molar-refractivity contribution in [2.24, 2.45) is 0 Å². The zero-order valence-corrected chi connectivity index (χ0v) is 11.1. The van der Waals surface area contributed by atoms with Gasteiger partial charge in [0.05, 0.1) is 30.9 Å². The molecule has 0 amide bonds. The second-order valence-electron chi connectivity index (χ2n) is 4.96. The molecule has 3 aromatic rings. The number of morpholine rings is 1. The van der Waals surface area contributed by atoms with E-state index in [4.69, 9.17) is 4.74 Å². The first kappa shape index (κ1) is 11.7. The van der Waals surface area contributed by atoms with Gasteiger partial charge in [0.25, 0.3) is 0 Å². The van der Waals surface area contributed by atoms with E-state index in [0.717, 1.165) is 54.9 Å². The molecule has 6 heteroatoms. The Bertz CT molecular complexity index is 747. The normalized spacial score (nSPS) is 17.0. The zero-order valence-electron chi connectivity index (χ0n) is 11.1. The van der Waals surface area contributed by atoms with Crippen molar-refractivity contribution in [1.29, 1.82) is 0 Å².